The second-order valence-corrected chi connectivity index (χ2v) is 6.23. The van der Waals surface area contributed by atoms with Gasteiger partial charge in [0.2, 0.25) is 5.91 Å². The molecular formula is C15H25NO. The summed E-state index contributed by atoms with van der Waals surface area (Å²) in [5, 5.41) is 0. The van der Waals surface area contributed by atoms with E-state index in [1.54, 1.807) is 0 Å². The Morgan fingerprint density at radius 3 is 2.59 bits per heavy atom. The summed E-state index contributed by atoms with van der Waals surface area (Å²) >= 11 is 0. The maximum atomic E-state index is 12.4. The molecule has 0 radical (unpaired) electrons. The van der Waals surface area contributed by atoms with Crippen molar-refractivity contribution in [1.29, 1.82) is 0 Å². The molecular weight excluding hydrogens is 210 g/mol. The zero-order valence-corrected chi connectivity index (χ0v) is 11.6. The van der Waals surface area contributed by atoms with Crippen LogP contribution >= 0.6 is 0 Å². The van der Waals surface area contributed by atoms with Gasteiger partial charge in [0.15, 0.2) is 0 Å². The number of amides is 1. The third-order valence-corrected chi connectivity index (χ3v) is 3.89. The first-order valence-electron chi connectivity index (χ1n) is 6.61. The van der Waals surface area contributed by atoms with Gasteiger partial charge in [-0.05, 0) is 18.3 Å². The molecule has 0 aromatic carbocycles. The highest BCUT2D eigenvalue weighted by Crippen LogP contribution is 2.28. The van der Waals surface area contributed by atoms with Crippen LogP contribution in [0.25, 0.3) is 0 Å². The van der Waals surface area contributed by atoms with Crippen LogP contribution in [0.3, 0.4) is 0 Å². The zero-order valence-electron chi connectivity index (χ0n) is 11.6. The van der Waals surface area contributed by atoms with Crippen LogP contribution in [-0.4, -0.2) is 23.9 Å². The summed E-state index contributed by atoms with van der Waals surface area (Å²) < 4.78 is 0. The highest BCUT2D eigenvalue weighted by Gasteiger charge is 2.31. The monoisotopic (exact) mass is 235 g/mol. The summed E-state index contributed by atoms with van der Waals surface area (Å²) in [6.07, 6.45) is 8.79. The van der Waals surface area contributed by atoms with Gasteiger partial charge in [-0.2, -0.15) is 0 Å². The molecule has 96 valence electrons. The lowest BCUT2D eigenvalue weighted by Crippen LogP contribution is -2.41. The molecule has 0 aromatic rings. The van der Waals surface area contributed by atoms with Crippen molar-refractivity contribution in [2.45, 2.75) is 47.0 Å². The first kappa shape index (κ1) is 14.1. The summed E-state index contributed by atoms with van der Waals surface area (Å²) in [5.74, 6) is 3.37. The van der Waals surface area contributed by atoms with E-state index in [4.69, 9.17) is 6.42 Å². The van der Waals surface area contributed by atoms with Crippen molar-refractivity contribution in [3.8, 4) is 12.3 Å². The van der Waals surface area contributed by atoms with Crippen molar-refractivity contribution in [2.75, 3.05) is 13.1 Å². The fourth-order valence-electron chi connectivity index (χ4n) is 2.12. The maximum absolute atomic E-state index is 12.4. The molecule has 0 spiro atoms. The van der Waals surface area contributed by atoms with E-state index in [-0.39, 0.29) is 23.2 Å². The molecule has 1 rings (SSSR count). The number of terminal acetylenes is 1. The highest BCUT2D eigenvalue weighted by atomic mass is 16.2. The number of hydrogen-bond acceptors (Lipinski definition) is 1. The molecule has 1 aliphatic heterocycles. The predicted molar refractivity (Wildman–Crippen MR) is 71.4 cm³/mol. The van der Waals surface area contributed by atoms with E-state index >= 15 is 0 Å². The zero-order chi connectivity index (χ0) is 13.1. The summed E-state index contributed by atoms with van der Waals surface area (Å²) in [7, 11) is 0. The quantitative estimate of drug-likeness (QED) is 0.640. The van der Waals surface area contributed by atoms with Gasteiger partial charge in [0, 0.05) is 24.9 Å². The van der Waals surface area contributed by atoms with Crippen molar-refractivity contribution in [2.24, 2.45) is 17.3 Å². The Bertz CT molecular complexity index is 308. The topological polar surface area (TPSA) is 20.3 Å². The Morgan fingerprint density at radius 1 is 1.41 bits per heavy atom. The van der Waals surface area contributed by atoms with E-state index in [1.165, 1.54) is 0 Å². The van der Waals surface area contributed by atoms with Gasteiger partial charge in [-0.15, -0.1) is 12.3 Å². The van der Waals surface area contributed by atoms with Crippen LogP contribution in [0, 0.1) is 29.6 Å². The van der Waals surface area contributed by atoms with E-state index in [2.05, 4.69) is 26.7 Å². The van der Waals surface area contributed by atoms with Gasteiger partial charge in [0.05, 0.1) is 0 Å². The molecule has 0 saturated carbocycles. The number of likely N-dealkylation sites (tertiary alicyclic amines) is 1. The lowest BCUT2D eigenvalue weighted by Gasteiger charge is -2.32. The van der Waals surface area contributed by atoms with Gasteiger partial charge in [0.1, 0.15) is 0 Å². The molecule has 0 bridgehead atoms. The molecule has 0 N–H and O–H groups in total. The Morgan fingerprint density at radius 2 is 2.06 bits per heavy atom. The minimum Gasteiger partial charge on any atom is -0.341 e. The van der Waals surface area contributed by atoms with Gasteiger partial charge >= 0.3 is 0 Å². The third kappa shape index (κ3) is 3.77. The van der Waals surface area contributed by atoms with Crippen molar-refractivity contribution in [1.82, 2.24) is 4.90 Å². The summed E-state index contributed by atoms with van der Waals surface area (Å²) in [6.45, 7) is 10.00. The SMILES string of the molecule is C#C[C@H]1CCCCN(C(=O)C(C)C(C)(C)C)C1. The molecule has 1 saturated heterocycles. The number of rotatable bonds is 1. The molecule has 2 nitrogen and oxygen atoms in total. The minimum atomic E-state index is 0.0228. The van der Waals surface area contributed by atoms with E-state index in [0.717, 1.165) is 32.4 Å². The van der Waals surface area contributed by atoms with Crippen molar-refractivity contribution in [3.63, 3.8) is 0 Å². The molecule has 2 heteroatoms. The van der Waals surface area contributed by atoms with Crippen molar-refractivity contribution in [3.05, 3.63) is 0 Å². The molecule has 0 aliphatic carbocycles. The summed E-state index contributed by atoms with van der Waals surface area (Å²) in [4.78, 5) is 14.4. The number of carbonyl (C=O) groups excluding carboxylic acids is 1. The fraction of sp³-hybridized carbons (Fsp3) is 0.800. The van der Waals surface area contributed by atoms with E-state index < -0.39 is 0 Å². The molecule has 0 aromatic heterocycles. The van der Waals surface area contributed by atoms with Crippen LogP contribution < -0.4 is 0 Å². The normalized spacial score (nSPS) is 23.7. The lowest BCUT2D eigenvalue weighted by molar-refractivity contribution is -0.138. The number of hydrogen-bond donors (Lipinski definition) is 0. The summed E-state index contributed by atoms with van der Waals surface area (Å²) in [6, 6.07) is 0. The van der Waals surface area contributed by atoms with Gasteiger partial charge in [-0.3, -0.25) is 4.79 Å². The average Bonchev–Trinajstić information content (AvgIpc) is 2.50. The van der Waals surface area contributed by atoms with Crippen LogP contribution in [0.2, 0.25) is 0 Å². The molecule has 1 unspecified atom stereocenters. The number of nitrogens with zero attached hydrogens (tertiary/aromatic N) is 1. The maximum Gasteiger partial charge on any atom is 0.225 e. The minimum absolute atomic E-state index is 0.0228. The van der Waals surface area contributed by atoms with Gasteiger partial charge in [-0.1, -0.05) is 34.1 Å². The third-order valence-electron chi connectivity index (χ3n) is 3.89. The first-order valence-corrected chi connectivity index (χ1v) is 6.61. The molecule has 1 aliphatic rings. The second kappa shape index (κ2) is 5.58. The van der Waals surface area contributed by atoms with Gasteiger partial charge in [-0.25, -0.2) is 0 Å². The van der Waals surface area contributed by atoms with E-state index in [0.29, 0.717) is 0 Å². The van der Waals surface area contributed by atoms with Crippen LogP contribution in [-0.2, 0) is 4.79 Å². The van der Waals surface area contributed by atoms with Gasteiger partial charge < -0.3 is 4.90 Å². The van der Waals surface area contributed by atoms with Crippen molar-refractivity contribution < 1.29 is 4.79 Å². The largest absolute Gasteiger partial charge is 0.341 e. The Kier molecular flexibility index (Phi) is 4.62. The molecule has 1 heterocycles. The van der Waals surface area contributed by atoms with Gasteiger partial charge in [0.25, 0.3) is 0 Å². The molecule has 2 atom stereocenters. The summed E-state index contributed by atoms with van der Waals surface area (Å²) in [5.41, 5.74) is 0.0228. The van der Waals surface area contributed by atoms with Crippen LogP contribution in [0.1, 0.15) is 47.0 Å². The smallest absolute Gasteiger partial charge is 0.225 e. The molecule has 17 heavy (non-hydrogen) atoms. The number of carbonyl (C=O) groups is 1. The Labute approximate surface area is 106 Å². The fourth-order valence-corrected chi connectivity index (χ4v) is 2.12. The predicted octanol–water partition coefficient (Wildman–Crippen LogP) is 2.93. The lowest BCUT2D eigenvalue weighted by atomic mass is 9.81. The Hall–Kier alpha value is -0.970. The van der Waals surface area contributed by atoms with Crippen LogP contribution in [0.5, 0.6) is 0 Å². The molecule has 1 amide bonds. The molecule has 1 fully saturated rings. The average molecular weight is 235 g/mol. The van der Waals surface area contributed by atoms with Crippen LogP contribution in [0.15, 0.2) is 0 Å². The van der Waals surface area contributed by atoms with Crippen molar-refractivity contribution >= 4 is 5.91 Å². The first-order chi connectivity index (χ1) is 7.86. The second-order valence-electron chi connectivity index (χ2n) is 6.23. The van der Waals surface area contributed by atoms with Crippen LogP contribution in [0.4, 0.5) is 0 Å². The Balaban J connectivity index is 2.71. The highest BCUT2D eigenvalue weighted by molar-refractivity contribution is 5.79. The van der Waals surface area contributed by atoms with E-state index in [1.807, 2.05) is 11.8 Å². The standard InChI is InChI=1S/C15H25NO/c1-6-13-9-7-8-10-16(11-13)14(17)12(2)15(3,4)5/h1,12-13H,7-11H2,2-5H3/t12?,13-/m0/s1. The van der Waals surface area contributed by atoms with E-state index in [9.17, 15) is 4.79 Å².